The molecule has 0 spiro atoms. The SMILES string of the molecule is CCNC(=S)NC(CNC1CCCC(O)C(O)C1O)C(O)CC(O)CC. The summed E-state index contributed by atoms with van der Waals surface area (Å²) in [6, 6.07) is -0.872. The zero-order chi connectivity index (χ0) is 19.7. The van der Waals surface area contributed by atoms with E-state index < -0.39 is 42.6 Å². The van der Waals surface area contributed by atoms with Crippen LogP contribution in [0, 0.1) is 0 Å². The predicted octanol–water partition coefficient (Wildman–Crippen LogP) is -1.41. The van der Waals surface area contributed by atoms with Gasteiger partial charge in [0.15, 0.2) is 5.11 Å². The summed E-state index contributed by atoms with van der Waals surface area (Å²) >= 11 is 5.19. The summed E-state index contributed by atoms with van der Waals surface area (Å²) in [6.45, 7) is 4.68. The average Bonchev–Trinajstić information content (AvgIpc) is 2.72. The number of hydrogen-bond acceptors (Lipinski definition) is 7. The largest absolute Gasteiger partial charge is 0.393 e. The third-order valence-corrected chi connectivity index (χ3v) is 5.14. The highest BCUT2D eigenvalue weighted by Crippen LogP contribution is 2.19. The molecular formula is C17H35N3O5S. The van der Waals surface area contributed by atoms with Crippen molar-refractivity contribution in [3.05, 3.63) is 0 Å². The molecule has 1 aliphatic carbocycles. The van der Waals surface area contributed by atoms with Gasteiger partial charge in [0.2, 0.25) is 0 Å². The van der Waals surface area contributed by atoms with Crippen molar-refractivity contribution in [3.8, 4) is 0 Å². The van der Waals surface area contributed by atoms with Crippen molar-refractivity contribution >= 4 is 17.3 Å². The van der Waals surface area contributed by atoms with Crippen molar-refractivity contribution in [1.29, 1.82) is 0 Å². The van der Waals surface area contributed by atoms with Gasteiger partial charge >= 0.3 is 0 Å². The van der Waals surface area contributed by atoms with E-state index in [1.165, 1.54) is 0 Å². The van der Waals surface area contributed by atoms with E-state index in [1.54, 1.807) is 0 Å². The van der Waals surface area contributed by atoms with Gasteiger partial charge in [-0.3, -0.25) is 0 Å². The molecule has 1 aliphatic rings. The van der Waals surface area contributed by atoms with Crippen molar-refractivity contribution in [2.45, 2.75) is 88.6 Å². The zero-order valence-electron chi connectivity index (χ0n) is 15.6. The maximum atomic E-state index is 10.5. The monoisotopic (exact) mass is 393 g/mol. The van der Waals surface area contributed by atoms with Gasteiger partial charge in [-0.2, -0.15) is 0 Å². The van der Waals surface area contributed by atoms with Gasteiger partial charge in [0.1, 0.15) is 6.10 Å². The minimum absolute atomic E-state index is 0.207. The third-order valence-electron chi connectivity index (χ3n) is 4.87. The Morgan fingerprint density at radius 1 is 1.12 bits per heavy atom. The zero-order valence-corrected chi connectivity index (χ0v) is 16.5. The maximum Gasteiger partial charge on any atom is 0.166 e. The van der Waals surface area contributed by atoms with E-state index in [0.717, 1.165) is 0 Å². The fourth-order valence-electron chi connectivity index (χ4n) is 3.13. The molecule has 0 aromatic carbocycles. The highest BCUT2D eigenvalue weighted by Gasteiger charge is 2.34. The Balaban J connectivity index is 2.69. The second-order valence-electron chi connectivity index (χ2n) is 6.97. The quantitative estimate of drug-likeness (QED) is 0.175. The summed E-state index contributed by atoms with van der Waals surface area (Å²) in [4.78, 5) is 0. The Kier molecular flexibility index (Phi) is 10.9. The smallest absolute Gasteiger partial charge is 0.166 e. The van der Waals surface area contributed by atoms with Gasteiger partial charge in [0, 0.05) is 25.6 Å². The predicted molar refractivity (Wildman–Crippen MR) is 104 cm³/mol. The van der Waals surface area contributed by atoms with Crippen molar-refractivity contribution in [1.82, 2.24) is 16.0 Å². The molecule has 1 fully saturated rings. The van der Waals surface area contributed by atoms with Gasteiger partial charge in [0.25, 0.3) is 0 Å². The van der Waals surface area contributed by atoms with E-state index in [-0.39, 0.29) is 13.0 Å². The van der Waals surface area contributed by atoms with Crippen LogP contribution >= 0.6 is 12.2 Å². The van der Waals surface area contributed by atoms with Crippen LogP contribution in [0.1, 0.15) is 46.0 Å². The lowest BCUT2D eigenvalue weighted by Gasteiger charge is -2.31. The highest BCUT2D eigenvalue weighted by molar-refractivity contribution is 7.80. The number of aliphatic hydroxyl groups excluding tert-OH is 5. The van der Waals surface area contributed by atoms with Crippen LogP contribution in [-0.4, -0.2) is 86.3 Å². The van der Waals surface area contributed by atoms with Crippen molar-refractivity contribution in [2.75, 3.05) is 13.1 Å². The maximum absolute atomic E-state index is 10.5. The standard InChI is InChI=1S/C17H35N3O5S/c1-3-10(21)8-14(23)12(20-17(26)18-4-2)9-19-11-6-5-7-13(22)16(25)15(11)24/h10-16,19,21-25H,3-9H2,1-2H3,(H2,18,20,26). The molecule has 0 amide bonds. The van der Waals surface area contributed by atoms with Crippen LogP contribution in [0.2, 0.25) is 0 Å². The lowest BCUT2D eigenvalue weighted by molar-refractivity contribution is -0.0651. The number of aliphatic hydroxyl groups is 5. The number of thiocarbonyl (C=S) groups is 1. The molecule has 0 aromatic heterocycles. The Hall–Kier alpha value is -0.550. The average molecular weight is 394 g/mol. The fourth-order valence-corrected chi connectivity index (χ4v) is 3.42. The van der Waals surface area contributed by atoms with Crippen LogP contribution in [-0.2, 0) is 0 Å². The van der Waals surface area contributed by atoms with Gasteiger partial charge in [-0.1, -0.05) is 6.92 Å². The molecule has 1 saturated carbocycles. The van der Waals surface area contributed by atoms with Crippen LogP contribution in [0.5, 0.6) is 0 Å². The molecule has 0 aliphatic heterocycles. The Labute approximate surface area is 161 Å². The van der Waals surface area contributed by atoms with Crippen LogP contribution in [0.25, 0.3) is 0 Å². The molecule has 0 aromatic rings. The first kappa shape index (κ1) is 23.5. The van der Waals surface area contributed by atoms with E-state index in [9.17, 15) is 25.5 Å². The van der Waals surface area contributed by atoms with Crippen molar-refractivity contribution < 1.29 is 25.5 Å². The summed E-state index contributed by atoms with van der Waals surface area (Å²) in [7, 11) is 0. The van der Waals surface area contributed by atoms with E-state index in [1.807, 2.05) is 13.8 Å². The molecule has 1 rings (SSSR count). The summed E-state index contributed by atoms with van der Waals surface area (Å²) in [6.07, 6.45) is -2.20. The van der Waals surface area contributed by atoms with Crippen LogP contribution in [0.15, 0.2) is 0 Å². The topological polar surface area (TPSA) is 137 Å². The normalized spacial score (nSPS) is 30.1. The van der Waals surface area contributed by atoms with E-state index >= 15 is 0 Å². The lowest BCUT2D eigenvalue weighted by atomic mass is 10.00. The molecule has 0 saturated heterocycles. The Bertz CT molecular complexity index is 418. The minimum atomic E-state index is -1.20. The molecule has 8 N–H and O–H groups in total. The molecule has 0 heterocycles. The fraction of sp³-hybridized carbons (Fsp3) is 0.941. The molecule has 8 nitrogen and oxygen atoms in total. The first-order chi connectivity index (χ1) is 12.3. The minimum Gasteiger partial charge on any atom is -0.393 e. The van der Waals surface area contributed by atoms with Gasteiger partial charge in [-0.25, -0.2) is 0 Å². The van der Waals surface area contributed by atoms with Gasteiger partial charge in [-0.15, -0.1) is 0 Å². The first-order valence-electron chi connectivity index (χ1n) is 9.48. The van der Waals surface area contributed by atoms with Crippen molar-refractivity contribution in [3.63, 3.8) is 0 Å². The molecule has 154 valence electrons. The third kappa shape index (κ3) is 7.59. The second-order valence-corrected chi connectivity index (χ2v) is 7.38. The van der Waals surface area contributed by atoms with E-state index in [0.29, 0.717) is 37.3 Å². The molecular weight excluding hydrogens is 358 g/mol. The molecule has 7 unspecified atom stereocenters. The molecule has 9 heteroatoms. The highest BCUT2D eigenvalue weighted by atomic mass is 32.1. The molecule has 26 heavy (non-hydrogen) atoms. The first-order valence-corrected chi connectivity index (χ1v) is 9.88. The van der Waals surface area contributed by atoms with Gasteiger partial charge < -0.3 is 41.5 Å². The summed E-state index contributed by atoms with van der Waals surface area (Å²) in [5.74, 6) is 0. The second kappa shape index (κ2) is 12.0. The number of nitrogens with one attached hydrogen (secondary N) is 3. The van der Waals surface area contributed by atoms with Gasteiger partial charge in [0.05, 0.1) is 30.5 Å². The Morgan fingerprint density at radius 3 is 2.42 bits per heavy atom. The summed E-state index contributed by atoms with van der Waals surface area (Å²) < 4.78 is 0. The summed E-state index contributed by atoms with van der Waals surface area (Å²) in [5.41, 5.74) is 0. The van der Waals surface area contributed by atoms with Crippen LogP contribution in [0.3, 0.4) is 0 Å². The van der Waals surface area contributed by atoms with E-state index in [4.69, 9.17) is 12.2 Å². The molecule has 7 atom stereocenters. The Morgan fingerprint density at radius 2 is 1.81 bits per heavy atom. The van der Waals surface area contributed by atoms with Gasteiger partial charge in [-0.05, 0) is 44.8 Å². The number of rotatable bonds is 9. The van der Waals surface area contributed by atoms with E-state index in [2.05, 4.69) is 16.0 Å². The van der Waals surface area contributed by atoms with Crippen LogP contribution < -0.4 is 16.0 Å². The molecule has 0 bridgehead atoms. The lowest BCUT2D eigenvalue weighted by Crippen LogP contribution is -2.56. The van der Waals surface area contributed by atoms with Crippen LogP contribution in [0.4, 0.5) is 0 Å². The molecule has 0 radical (unpaired) electrons. The number of hydrogen-bond donors (Lipinski definition) is 8. The summed E-state index contributed by atoms with van der Waals surface area (Å²) in [5, 5.41) is 59.9. The van der Waals surface area contributed by atoms with Crippen molar-refractivity contribution in [2.24, 2.45) is 0 Å².